The fourth-order valence-corrected chi connectivity index (χ4v) is 5.75. The highest BCUT2D eigenvalue weighted by atomic mass is 79.9. The van der Waals surface area contributed by atoms with Crippen LogP contribution in [0.15, 0.2) is 53.0 Å². The average Bonchev–Trinajstić information content (AvgIpc) is 3.19. The topological polar surface area (TPSA) is 59.8 Å². The lowest BCUT2D eigenvalue weighted by atomic mass is 10.0. The molecule has 1 unspecified atom stereocenters. The van der Waals surface area contributed by atoms with E-state index in [-0.39, 0.29) is 11.2 Å². The third-order valence-electron chi connectivity index (χ3n) is 4.64. The third-order valence-corrected chi connectivity index (χ3v) is 7.46. The fraction of sp³-hybridized carbons (Fsp3) is 0.150. The molecule has 5 nitrogen and oxygen atoms in total. The fourth-order valence-electron chi connectivity index (χ4n) is 3.37. The second kappa shape index (κ2) is 7.02. The summed E-state index contributed by atoms with van der Waals surface area (Å²) < 4.78 is 3.91. The molecule has 0 fully saturated rings. The number of hydrogen-bond acceptors (Lipinski definition) is 5. The second-order valence-corrected chi connectivity index (χ2v) is 9.53. The highest BCUT2D eigenvalue weighted by Gasteiger charge is 2.31. The molecule has 140 valence electrons. The lowest BCUT2D eigenvalue weighted by molar-refractivity contribution is -0.113. The minimum absolute atomic E-state index is 0.0203. The van der Waals surface area contributed by atoms with Crippen molar-refractivity contribution in [3.63, 3.8) is 0 Å². The van der Waals surface area contributed by atoms with E-state index >= 15 is 0 Å². The summed E-state index contributed by atoms with van der Waals surface area (Å²) in [5, 5.41) is 8.61. The van der Waals surface area contributed by atoms with Crippen LogP contribution in [0.25, 0.3) is 15.3 Å². The van der Waals surface area contributed by atoms with Crippen molar-refractivity contribution >= 4 is 61.0 Å². The summed E-state index contributed by atoms with van der Waals surface area (Å²) in [6.45, 7) is 1.99. The van der Waals surface area contributed by atoms with Gasteiger partial charge in [-0.05, 0) is 36.8 Å². The molecular formula is C20H15BrN4OS2. The van der Waals surface area contributed by atoms with Crippen LogP contribution in [0.5, 0.6) is 0 Å². The monoisotopic (exact) mass is 470 g/mol. The van der Waals surface area contributed by atoms with E-state index in [1.54, 1.807) is 27.8 Å². The first-order valence-electron chi connectivity index (χ1n) is 8.72. The van der Waals surface area contributed by atoms with Crippen molar-refractivity contribution in [1.82, 2.24) is 14.8 Å². The van der Waals surface area contributed by atoms with Crippen molar-refractivity contribution in [1.29, 1.82) is 0 Å². The number of rotatable bonds is 2. The molecule has 3 heterocycles. The molecule has 0 saturated heterocycles. The van der Waals surface area contributed by atoms with Crippen molar-refractivity contribution < 1.29 is 4.79 Å². The van der Waals surface area contributed by atoms with E-state index in [4.69, 9.17) is 10.1 Å². The number of aromatic nitrogens is 3. The Morgan fingerprint density at radius 2 is 1.96 bits per heavy atom. The lowest BCUT2D eigenvalue weighted by Crippen LogP contribution is -2.15. The van der Waals surface area contributed by atoms with Crippen molar-refractivity contribution in [2.75, 3.05) is 11.1 Å². The summed E-state index contributed by atoms with van der Waals surface area (Å²) in [5.41, 5.74) is 4.02. The molecule has 0 saturated carbocycles. The van der Waals surface area contributed by atoms with Gasteiger partial charge in [-0.3, -0.25) is 4.79 Å². The van der Waals surface area contributed by atoms with Gasteiger partial charge >= 0.3 is 0 Å². The Kier molecular flexibility index (Phi) is 4.49. The lowest BCUT2D eigenvalue weighted by Gasteiger charge is -2.15. The minimum atomic E-state index is -0.0203. The molecule has 28 heavy (non-hydrogen) atoms. The SMILES string of the molecule is Cc1nn(-c2nc3ccccc3s2)c2c1C(c1ccc(Br)cc1)SCC(=O)N2. The number of benzene rings is 2. The van der Waals surface area contributed by atoms with Gasteiger partial charge in [-0.2, -0.15) is 9.78 Å². The summed E-state index contributed by atoms with van der Waals surface area (Å²) >= 11 is 6.69. The van der Waals surface area contributed by atoms with E-state index in [9.17, 15) is 4.79 Å². The zero-order chi connectivity index (χ0) is 19.3. The van der Waals surface area contributed by atoms with Crippen LogP contribution in [0, 0.1) is 6.92 Å². The molecule has 1 amide bonds. The van der Waals surface area contributed by atoms with Gasteiger partial charge in [0.15, 0.2) is 0 Å². The normalized spacial score (nSPS) is 16.6. The van der Waals surface area contributed by atoms with Gasteiger partial charge in [0.2, 0.25) is 11.0 Å². The predicted molar refractivity (Wildman–Crippen MR) is 119 cm³/mol. The van der Waals surface area contributed by atoms with Crippen LogP contribution in [-0.4, -0.2) is 26.4 Å². The molecule has 0 radical (unpaired) electrons. The molecule has 2 aromatic heterocycles. The maximum atomic E-state index is 12.4. The van der Waals surface area contributed by atoms with Crippen LogP contribution in [-0.2, 0) is 4.79 Å². The van der Waals surface area contributed by atoms with Crippen LogP contribution >= 0.6 is 39.0 Å². The highest BCUT2D eigenvalue weighted by Crippen LogP contribution is 2.44. The number of thioether (sulfide) groups is 1. The number of para-hydroxylation sites is 1. The van der Waals surface area contributed by atoms with Gasteiger partial charge in [-0.25, -0.2) is 4.98 Å². The molecule has 8 heteroatoms. The smallest absolute Gasteiger partial charge is 0.235 e. The maximum absolute atomic E-state index is 12.4. The number of hydrogen-bond donors (Lipinski definition) is 1. The molecule has 0 spiro atoms. The van der Waals surface area contributed by atoms with Gasteiger partial charge in [0, 0.05) is 10.0 Å². The molecule has 1 aliphatic heterocycles. The van der Waals surface area contributed by atoms with Gasteiger partial charge in [0.25, 0.3) is 0 Å². The summed E-state index contributed by atoms with van der Waals surface area (Å²) in [6, 6.07) is 16.3. The molecular weight excluding hydrogens is 456 g/mol. The number of carbonyl (C=O) groups is 1. The Morgan fingerprint density at radius 1 is 1.18 bits per heavy atom. The van der Waals surface area contributed by atoms with Gasteiger partial charge in [-0.1, -0.05) is 51.5 Å². The quantitative estimate of drug-likeness (QED) is 0.430. The highest BCUT2D eigenvalue weighted by molar-refractivity contribution is 9.10. The van der Waals surface area contributed by atoms with Gasteiger partial charge < -0.3 is 5.32 Å². The first-order chi connectivity index (χ1) is 13.6. The second-order valence-electron chi connectivity index (χ2n) is 6.51. The molecule has 1 aliphatic rings. The van der Waals surface area contributed by atoms with Crippen LogP contribution in [0.1, 0.15) is 22.1 Å². The van der Waals surface area contributed by atoms with E-state index in [1.807, 2.05) is 43.3 Å². The number of nitrogens with one attached hydrogen (secondary N) is 1. The Labute approximate surface area is 178 Å². The maximum Gasteiger partial charge on any atom is 0.235 e. The Bertz CT molecular complexity index is 1170. The Morgan fingerprint density at radius 3 is 2.75 bits per heavy atom. The standard InChI is InChI=1S/C20H15BrN4OS2/c1-11-17-18(12-6-8-13(21)9-7-12)27-10-16(26)23-19(17)25(24-11)20-22-14-4-2-3-5-15(14)28-20/h2-9,18H,10H2,1H3,(H,23,26). The number of anilines is 1. The summed E-state index contributed by atoms with van der Waals surface area (Å²) in [4.78, 5) is 17.2. The first kappa shape index (κ1) is 17.9. The number of halogens is 1. The number of fused-ring (bicyclic) bond motifs is 2. The number of amides is 1. The zero-order valence-electron chi connectivity index (χ0n) is 14.8. The molecule has 1 atom stereocenters. The van der Waals surface area contributed by atoms with Gasteiger partial charge in [-0.15, -0.1) is 11.8 Å². The third kappa shape index (κ3) is 3.05. The molecule has 4 aromatic rings. The van der Waals surface area contributed by atoms with E-state index in [1.165, 1.54) is 0 Å². The number of aryl methyl sites for hydroxylation is 1. The van der Waals surface area contributed by atoms with Crippen molar-refractivity contribution in [2.24, 2.45) is 0 Å². The molecule has 1 N–H and O–H groups in total. The number of thiazole rings is 1. The minimum Gasteiger partial charge on any atom is -0.310 e. The molecule has 0 aliphatic carbocycles. The first-order valence-corrected chi connectivity index (χ1v) is 11.4. The van der Waals surface area contributed by atoms with Crippen LogP contribution in [0.3, 0.4) is 0 Å². The van der Waals surface area contributed by atoms with E-state index in [0.29, 0.717) is 5.75 Å². The van der Waals surface area contributed by atoms with Crippen molar-refractivity contribution in [3.8, 4) is 5.13 Å². The Hall–Kier alpha value is -2.16. The Balaban J connectivity index is 1.69. The number of carbonyl (C=O) groups excluding carboxylic acids is 1. The number of nitrogens with zero attached hydrogens (tertiary/aromatic N) is 3. The predicted octanol–water partition coefficient (Wildman–Crippen LogP) is 5.33. The van der Waals surface area contributed by atoms with E-state index < -0.39 is 0 Å². The summed E-state index contributed by atoms with van der Waals surface area (Å²) in [5.74, 6) is 1.10. The average molecular weight is 471 g/mol. The molecule has 0 bridgehead atoms. The van der Waals surface area contributed by atoms with Crippen LogP contribution < -0.4 is 5.32 Å². The van der Waals surface area contributed by atoms with Crippen LogP contribution in [0.4, 0.5) is 5.82 Å². The molecule has 5 rings (SSSR count). The summed E-state index contributed by atoms with van der Waals surface area (Å²) in [6.07, 6.45) is 0. The van der Waals surface area contributed by atoms with E-state index in [2.05, 4.69) is 33.4 Å². The summed E-state index contributed by atoms with van der Waals surface area (Å²) in [7, 11) is 0. The van der Waals surface area contributed by atoms with Gasteiger partial charge in [0.1, 0.15) is 5.82 Å². The largest absolute Gasteiger partial charge is 0.310 e. The zero-order valence-corrected chi connectivity index (χ0v) is 18.1. The van der Waals surface area contributed by atoms with Crippen molar-refractivity contribution in [3.05, 3.63) is 69.8 Å². The van der Waals surface area contributed by atoms with E-state index in [0.717, 1.165) is 42.5 Å². The molecule has 2 aromatic carbocycles. The van der Waals surface area contributed by atoms with Gasteiger partial charge in [0.05, 0.1) is 26.9 Å². The van der Waals surface area contributed by atoms with Crippen molar-refractivity contribution in [2.45, 2.75) is 12.2 Å². The van der Waals surface area contributed by atoms with Crippen LogP contribution in [0.2, 0.25) is 0 Å².